The van der Waals surface area contributed by atoms with Crippen molar-refractivity contribution in [2.45, 2.75) is 38.8 Å². The lowest BCUT2D eigenvalue weighted by atomic mass is 9.99. The van der Waals surface area contributed by atoms with E-state index in [0.717, 1.165) is 36.5 Å². The molecule has 2 N–H and O–H groups in total. The third-order valence-corrected chi connectivity index (χ3v) is 5.64. The molecule has 1 atom stereocenters. The second-order valence-corrected chi connectivity index (χ2v) is 7.73. The van der Waals surface area contributed by atoms with E-state index in [1.807, 2.05) is 42.2 Å². The first kappa shape index (κ1) is 24.5. The van der Waals surface area contributed by atoms with Crippen molar-refractivity contribution in [3.05, 3.63) is 70.2 Å². The van der Waals surface area contributed by atoms with Crippen molar-refractivity contribution in [2.24, 2.45) is 4.99 Å². The van der Waals surface area contributed by atoms with Gasteiger partial charge in [0.15, 0.2) is 5.96 Å². The number of nitrogens with one attached hydrogen (secondary N) is 2. The van der Waals surface area contributed by atoms with E-state index in [9.17, 15) is 4.79 Å². The number of carbonyl (C=O) groups excluding carboxylic acids is 1. The van der Waals surface area contributed by atoms with Crippen LogP contribution in [0.2, 0.25) is 5.02 Å². The number of nitrogens with zero attached hydrogens (tertiary/aromatic N) is 2. The summed E-state index contributed by atoms with van der Waals surface area (Å²) in [5, 5.41) is 7.37. The van der Waals surface area contributed by atoms with E-state index in [1.54, 1.807) is 7.05 Å². The number of aliphatic imine (C=N–C) groups is 1. The Morgan fingerprint density at radius 1 is 1.17 bits per heavy atom. The van der Waals surface area contributed by atoms with Crippen molar-refractivity contribution in [1.82, 2.24) is 15.5 Å². The summed E-state index contributed by atoms with van der Waals surface area (Å²) in [6, 6.07) is 16.2. The fourth-order valence-electron chi connectivity index (χ4n) is 3.62. The fraction of sp³-hybridized carbons (Fsp3) is 0.391. The van der Waals surface area contributed by atoms with Crippen molar-refractivity contribution in [3.8, 4) is 0 Å². The molecule has 2 aromatic rings. The first-order chi connectivity index (χ1) is 14.1. The van der Waals surface area contributed by atoms with E-state index in [2.05, 4.69) is 33.8 Å². The number of rotatable bonds is 6. The molecule has 3 rings (SSSR count). The maximum absolute atomic E-state index is 12.6. The van der Waals surface area contributed by atoms with Crippen LogP contribution in [0.25, 0.3) is 0 Å². The molecule has 1 heterocycles. The van der Waals surface area contributed by atoms with Gasteiger partial charge in [0, 0.05) is 38.1 Å². The first-order valence-electron chi connectivity index (χ1n) is 10.1. The normalized spacial score (nSPS) is 14.4. The average molecular weight is 541 g/mol. The quantitative estimate of drug-likeness (QED) is 0.245. The van der Waals surface area contributed by atoms with E-state index in [4.69, 9.17) is 11.6 Å². The molecule has 0 fully saturated rings. The summed E-state index contributed by atoms with van der Waals surface area (Å²) in [6.07, 6.45) is 2.24. The highest BCUT2D eigenvalue weighted by atomic mass is 127. The zero-order chi connectivity index (χ0) is 20.6. The number of guanidine groups is 1. The van der Waals surface area contributed by atoms with Crippen LogP contribution in [-0.2, 0) is 17.8 Å². The third-order valence-electron chi connectivity index (χ3n) is 5.29. The van der Waals surface area contributed by atoms with Crippen LogP contribution in [-0.4, -0.2) is 36.9 Å². The van der Waals surface area contributed by atoms with E-state index in [-0.39, 0.29) is 35.9 Å². The van der Waals surface area contributed by atoms with Gasteiger partial charge in [0.05, 0.1) is 6.04 Å². The van der Waals surface area contributed by atoms with Crippen LogP contribution in [0, 0.1) is 0 Å². The average Bonchev–Trinajstić information content (AvgIpc) is 2.75. The predicted molar refractivity (Wildman–Crippen MR) is 135 cm³/mol. The standard InChI is InChI=1S/C23H29ClN4O.HI/c1-17(20-10-5-6-11-21(20)24)27-23(25-2)26-14-7-12-22(29)28-15-13-18-8-3-4-9-19(18)16-28;/h3-6,8-11,17H,7,12-16H2,1-2H3,(H2,25,26,27);1H. The Hall–Kier alpha value is -1.80. The lowest BCUT2D eigenvalue weighted by molar-refractivity contribution is -0.132. The van der Waals surface area contributed by atoms with Gasteiger partial charge in [-0.15, -0.1) is 24.0 Å². The van der Waals surface area contributed by atoms with Crippen LogP contribution in [0.15, 0.2) is 53.5 Å². The Balaban J connectivity index is 0.00000320. The van der Waals surface area contributed by atoms with Crippen molar-refractivity contribution in [3.63, 3.8) is 0 Å². The summed E-state index contributed by atoms with van der Waals surface area (Å²) < 4.78 is 0. The topological polar surface area (TPSA) is 56.7 Å². The van der Waals surface area contributed by atoms with Crippen LogP contribution < -0.4 is 10.6 Å². The van der Waals surface area contributed by atoms with Crippen molar-refractivity contribution >= 4 is 47.4 Å². The highest BCUT2D eigenvalue weighted by Crippen LogP contribution is 2.22. The second-order valence-electron chi connectivity index (χ2n) is 7.32. The molecule has 30 heavy (non-hydrogen) atoms. The number of hydrogen-bond donors (Lipinski definition) is 2. The van der Waals surface area contributed by atoms with Gasteiger partial charge < -0.3 is 15.5 Å². The summed E-state index contributed by atoms with van der Waals surface area (Å²) in [5.74, 6) is 0.922. The van der Waals surface area contributed by atoms with Crippen LogP contribution in [0.4, 0.5) is 0 Å². The van der Waals surface area contributed by atoms with Crippen molar-refractivity contribution < 1.29 is 4.79 Å². The second kappa shape index (κ2) is 12.2. The van der Waals surface area contributed by atoms with Gasteiger partial charge in [-0.25, -0.2) is 0 Å². The molecule has 0 spiro atoms. The lowest BCUT2D eigenvalue weighted by Gasteiger charge is -2.29. The van der Waals surface area contributed by atoms with Crippen LogP contribution in [0.1, 0.15) is 42.5 Å². The minimum absolute atomic E-state index is 0. The molecule has 0 bridgehead atoms. The maximum Gasteiger partial charge on any atom is 0.222 e. The van der Waals surface area contributed by atoms with E-state index in [0.29, 0.717) is 18.9 Å². The minimum atomic E-state index is 0. The molecular formula is C23H30ClIN4O. The predicted octanol–water partition coefficient (Wildman–Crippen LogP) is 4.55. The summed E-state index contributed by atoms with van der Waals surface area (Å²) in [7, 11) is 1.74. The van der Waals surface area contributed by atoms with Crippen LogP contribution in [0.5, 0.6) is 0 Å². The molecule has 162 valence electrons. The Bertz CT molecular complexity index is 874. The third kappa shape index (κ3) is 6.60. The number of halogens is 2. The smallest absolute Gasteiger partial charge is 0.222 e. The van der Waals surface area contributed by atoms with Crippen LogP contribution in [0.3, 0.4) is 0 Å². The molecule has 1 aliphatic rings. The molecule has 2 aromatic carbocycles. The lowest BCUT2D eigenvalue weighted by Crippen LogP contribution is -2.40. The summed E-state index contributed by atoms with van der Waals surface area (Å²) in [5.41, 5.74) is 3.65. The van der Waals surface area contributed by atoms with Crippen molar-refractivity contribution in [2.75, 3.05) is 20.1 Å². The SMILES string of the molecule is CN=C(NCCCC(=O)N1CCc2ccccc2C1)NC(C)c1ccccc1Cl.I. The molecular weight excluding hydrogens is 511 g/mol. The van der Waals surface area contributed by atoms with Gasteiger partial charge >= 0.3 is 0 Å². The molecule has 0 aromatic heterocycles. The molecule has 0 radical (unpaired) electrons. The largest absolute Gasteiger partial charge is 0.356 e. The molecule has 1 aliphatic heterocycles. The summed E-state index contributed by atoms with van der Waals surface area (Å²) in [4.78, 5) is 18.8. The van der Waals surface area contributed by atoms with Gasteiger partial charge in [0.1, 0.15) is 0 Å². The van der Waals surface area contributed by atoms with Crippen molar-refractivity contribution in [1.29, 1.82) is 0 Å². The zero-order valence-electron chi connectivity index (χ0n) is 17.5. The number of benzene rings is 2. The Labute approximate surface area is 201 Å². The number of carbonyl (C=O) groups is 1. The molecule has 1 unspecified atom stereocenters. The van der Waals surface area contributed by atoms with Gasteiger partial charge in [-0.3, -0.25) is 9.79 Å². The number of fused-ring (bicyclic) bond motifs is 1. The van der Waals surface area contributed by atoms with Gasteiger partial charge in [-0.1, -0.05) is 54.1 Å². The van der Waals surface area contributed by atoms with Gasteiger partial charge in [-0.05, 0) is 42.5 Å². The summed E-state index contributed by atoms with van der Waals surface area (Å²) >= 11 is 6.27. The van der Waals surface area contributed by atoms with Crippen LogP contribution >= 0.6 is 35.6 Å². The highest BCUT2D eigenvalue weighted by Gasteiger charge is 2.19. The maximum atomic E-state index is 12.6. The molecule has 7 heteroatoms. The Morgan fingerprint density at radius 3 is 2.60 bits per heavy atom. The molecule has 5 nitrogen and oxygen atoms in total. The Kier molecular flexibility index (Phi) is 9.91. The fourth-order valence-corrected chi connectivity index (χ4v) is 3.92. The first-order valence-corrected chi connectivity index (χ1v) is 10.5. The molecule has 0 aliphatic carbocycles. The minimum Gasteiger partial charge on any atom is -0.356 e. The van der Waals surface area contributed by atoms with Gasteiger partial charge in [0.25, 0.3) is 0 Å². The molecule has 0 saturated heterocycles. The van der Waals surface area contributed by atoms with E-state index >= 15 is 0 Å². The monoisotopic (exact) mass is 540 g/mol. The Morgan fingerprint density at radius 2 is 1.87 bits per heavy atom. The van der Waals surface area contributed by atoms with Gasteiger partial charge in [-0.2, -0.15) is 0 Å². The molecule has 1 amide bonds. The van der Waals surface area contributed by atoms with E-state index in [1.165, 1.54) is 11.1 Å². The van der Waals surface area contributed by atoms with Gasteiger partial charge in [0.2, 0.25) is 5.91 Å². The number of hydrogen-bond acceptors (Lipinski definition) is 2. The highest BCUT2D eigenvalue weighted by molar-refractivity contribution is 14.0. The van der Waals surface area contributed by atoms with E-state index < -0.39 is 0 Å². The zero-order valence-corrected chi connectivity index (χ0v) is 20.6. The number of amides is 1. The summed E-state index contributed by atoms with van der Waals surface area (Å²) in [6.45, 7) is 4.26. The molecule has 0 saturated carbocycles.